The molecule has 1 aromatic carbocycles. The van der Waals surface area contributed by atoms with Crippen molar-refractivity contribution in [1.29, 1.82) is 0 Å². The minimum Gasteiger partial charge on any atom is -0.478 e. The molecule has 1 heterocycles. The molecule has 0 aromatic heterocycles. The summed E-state index contributed by atoms with van der Waals surface area (Å²) in [6.07, 6.45) is 1.68. The maximum Gasteiger partial charge on any atom is 0.342 e. The molecular formula is C15H16O5. The maximum atomic E-state index is 12.0. The van der Waals surface area contributed by atoms with E-state index in [-0.39, 0.29) is 18.8 Å². The highest BCUT2D eigenvalue weighted by molar-refractivity contribution is 5.93. The number of rotatable bonds is 5. The van der Waals surface area contributed by atoms with Crippen LogP contribution >= 0.6 is 0 Å². The average Bonchev–Trinajstić information content (AvgIpc) is 2.47. The Hall–Kier alpha value is -2.14. The van der Waals surface area contributed by atoms with Gasteiger partial charge in [0, 0.05) is 0 Å². The predicted molar refractivity (Wildman–Crippen MR) is 70.9 cm³/mol. The van der Waals surface area contributed by atoms with Gasteiger partial charge in [0.25, 0.3) is 0 Å². The van der Waals surface area contributed by atoms with Gasteiger partial charge >= 0.3 is 11.9 Å². The average molecular weight is 276 g/mol. The number of cyclic esters (lactones) is 1. The first-order valence-electron chi connectivity index (χ1n) is 6.37. The summed E-state index contributed by atoms with van der Waals surface area (Å²) in [7, 11) is 0. The predicted octanol–water partition coefficient (Wildman–Crippen LogP) is 1.92. The maximum absolute atomic E-state index is 12.0. The van der Waals surface area contributed by atoms with Crippen molar-refractivity contribution in [1.82, 2.24) is 0 Å². The van der Waals surface area contributed by atoms with E-state index in [1.54, 1.807) is 6.92 Å². The topological polar surface area (TPSA) is 72.8 Å². The van der Waals surface area contributed by atoms with Crippen molar-refractivity contribution < 1.29 is 24.2 Å². The molecule has 0 fully saturated rings. The first-order chi connectivity index (χ1) is 9.57. The Kier molecular flexibility index (Phi) is 4.20. The zero-order valence-electron chi connectivity index (χ0n) is 11.2. The summed E-state index contributed by atoms with van der Waals surface area (Å²) in [5, 5.41) is 9.02. The lowest BCUT2D eigenvalue weighted by Crippen LogP contribution is -2.44. The van der Waals surface area contributed by atoms with Crippen molar-refractivity contribution in [3.8, 4) is 0 Å². The number of carboxylic acid groups (broad SMARTS) is 1. The van der Waals surface area contributed by atoms with Crippen LogP contribution in [0.3, 0.4) is 0 Å². The minimum atomic E-state index is -1.32. The molecule has 0 spiro atoms. The van der Waals surface area contributed by atoms with Gasteiger partial charge < -0.3 is 14.6 Å². The highest BCUT2D eigenvalue weighted by Gasteiger charge is 2.42. The first kappa shape index (κ1) is 14.3. The van der Waals surface area contributed by atoms with Gasteiger partial charge in [-0.05, 0) is 18.1 Å². The fourth-order valence-corrected chi connectivity index (χ4v) is 2.01. The van der Waals surface area contributed by atoms with E-state index in [2.05, 4.69) is 0 Å². The van der Waals surface area contributed by atoms with Gasteiger partial charge in [-0.1, -0.05) is 37.3 Å². The van der Waals surface area contributed by atoms with Gasteiger partial charge in [0.1, 0.15) is 6.61 Å². The standard InChI is InChI=1S/C15H16O5/c1-2-15(20-9-11-6-4-3-5-7-11)8-12(13(16)17)10-19-14(15)18/h3-8H,2,9-10H2,1H3,(H,16,17). The number of aliphatic carboxylic acids is 1. The molecule has 1 N–H and O–H groups in total. The third-order valence-electron chi connectivity index (χ3n) is 3.25. The van der Waals surface area contributed by atoms with Crippen molar-refractivity contribution in [2.24, 2.45) is 0 Å². The van der Waals surface area contributed by atoms with Gasteiger partial charge in [0.05, 0.1) is 12.2 Å². The number of hydrogen-bond acceptors (Lipinski definition) is 4. The van der Waals surface area contributed by atoms with Crippen LogP contribution in [0.1, 0.15) is 18.9 Å². The Labute approximate surface area is 116 Å². The SMILES string of the molecule is CCC1(OCc2ccccc2)C=C(C(=O)O)COC1=O. The van der Waals surface area contributed by atoms with E-state index < -0.39 is 17.5 Å². The number of carbonyl (C=O) groups is 2. The molecule has 0 saturated heterocycles. The first-order valence-corrected chi connectivity index (χ1v) is 6.37. The smallest absolute Gasteiger partial charge is 0.342 e. The molecule has 0 aliphatic carbocycles. The van der Waals surface area contributed by atoms with Crippen molar-refractivity contribution in [3.63, 3.8) is 0 Å². The quantitative estimate of drug-likeness (QED) is 0.832. The summed E-state index contributed by atoms with van der Waals surface area (Å²) in [5.74, 6) is -1.64. The Bertz CT molecular complexity index is 534. The minimum absolute atomic E-state index is 0.0412. The summed E-state index contributed by atoms with van der Waals surface area (Å²) in [6, 6.07) is 9.37. The van der Waals surface area contributed by atoms with Crippen molar-refractivity contribution in [2.45, 2.75) is 25.6 Å². The van der Waals surface area contributed by atoms with E-state index in [0.29, 0.717) is 6.42 Å². The lowest BCUT2D eigenvalue weighted by molar-refractivity contribution is -0.170. The Balaban J connectivity index is 2.21. The number of ether oxygens (including phenoxy) is 2. The Morgan fingerprint density at radius 1 is 1.40 bits per heavy atom. The molecule has 5 nitrogen and oxygen atoms in total. The van der Waals surface area contributed by atoms with Crippen molar-refractivity contribution in [3.05, 3.63) is 47.5 Å². The number of carbonyl (C=O) groups excluding carboxylic acids is 1. The third-order valence-corrected chi connectivity index (χ3v) is 3.25. The molecule has 106 valence electrons. The normalized spacial score (nSPS) is 22.1. The summed E-state index contributed by atoms with van der Waals surface area (Å²) in [4.78, 5) is 23.0. The second-order valence-electron chi connectivity index (χ2n) is 4.57. The summed E-state index contributed by atoms with van der Waals surface area (Å²) >= 11 is 0. The zero-order valence-corrected chi connectivity index (χ0v) is 11.2. The van der Waals surface area contributed by atoms with Gasteiger partial charge in [-0.15, -0.1) is 0 Å². The van der Waals surface area contributed by atoms with Crippen LogP contribution < -0.4 is 0 Å². The number of hydrogen-bond donors (Lipinski definition) is 1. The summed E-state index contributed by atoms with van der Waals surface area (Å²) in [5.41, 5.74) is -0.370. The molecular weight excluding hydrogens is 260 g/mol. The fourth-order valence-electron chi connectivity index (χ4n) is 2.01. The molecule has 1 unspecified atom stereocenters. The number of esters is 1. The monoisotopic (exact) mass is 276 g/mol. The fraction of sp³-hybridized carbons (Fsp3) is 0.333. The van der Waals surface area contributed by atoms with E-state index in [0.717, 1.165) is 5.56 Å². The van der Waals surface area contributed by atoms with E-state index in [9.17, 15) is 9.59 Å². The van der Waals surface area contributed by atoms with Crippen LogP contribution in [0.15, 0.2) is 42.0 Å². The molecule has 5 heteroatoms. The Morgan fingerprint density at radius 2 is 2.10 bits per heavy atom. The van der Waals surface area contributed by atoms with Crippen LogP contribution in [0, 0.1) is 0 Å². The van der Waals surface area contributed by atoms with E-state index in [1.165, 1.54) is 6.08 Å². The highest BCUT2D eigenvalue weighted by atomic mass is 16.6. The molecule has 1 aliphatic heterocycles. The van der Waals surface area contributed by atoms with Crippen molar-refractivity contribution >= 4 is 11.9 Å². The van der Waals surface area contributed by atoms with Crippen LogP contribution in [-0.4, -0.2) is 29.3 Å². The van der Waals surface area contributed by atoms with Gasteiger partial charge in [-0.3, -0.25) is 0 Å². The summed E-state index contributed by atoms with van der Waals surface area (Å²) < 4.78 is 10.6. The van der Waals surface area contributed by atoms with E-state index in [4.69, 9.17) is 14.6 Å². The molecule has 0 saturated carbocycles. The molecule has 0 amide bonds. The lowest BCUT2D eigenvalue weighted by atomic mass is 9.95. The van der Waals surface area contributed by atoms with Gasteiger partial charge in [-0.25, -0.2) is 9.59 Å². The highest BCUT2D eigenvalue weighted by Crippen LogP contribution is 2.27. The second kappa shape index (κ2) is 5.88. The van der Waals surface area contributed by atoms with Gasteiger partial charge in [0.2, 0.25) is 0 Å². The molecule has 1 aromatic rings. The zero-order chi connectivity index (χ0) is 14.6. The van der Waals surface area contributed by atoms with Gasteiger partial charge in [0.15, 0.2) is 5.60 Å². The van der Waals surface area contributed by atoms with Crippen LogP contribution in [0.4, 0.5) is 0 Å². The van der Waals surface area contributed by atoms with Crippen LogP contribution in [0.5, 0.6) is 0 Å². The molecule has 2 rings (SSSR count). The van der Waals surface area contributed by atoms with Crippen LogP contribution in [0.2, 0.25) is 0 Å². The van der Waals surface area contributed by atoms with E-state index >= 15 is 0 Å². The molecule has 0 radical (unpaired) electrons. The van der Waals surface area contributed by atoms with Crippen molar-refractivity contribution in [2.75, 3.05) is 6.61 Å². The van der Waals surface area contributed by atoms with Gasteiger partial charge in [-0.2, -0.15) is 0 Å². The molecule has 0 bridgehead atoms. The third kappa shape index (κ3) is 2.88. The van der Waals surface area contributed by atoms with Crippen LogP contribution in [0.25, 0.3) is 0 Å². The van der Waals surface area contributed by atoms with Crippen LogP contribution in [-0.2, 0) is 25.7 Å². The number of benzene rings is 1. The number of carboxylic acids is 1. The Morgan fingerprint density at radius 3 is 2.70 bits per heavy atom. The summed E-state index contributed by atoms with van der Waals surface area (Å²) in [6.45, 7) is 1.76. The molecule has 1 atom stereocenters. The molecule has 1 aliphatic rings. The lowest BCUT2D eigenvalue weighted by Gasteiger charge is -2.31. The second-order valence-corrected chi connectivity index (χ2v) is 4.57. The largest absolute Gasteiger partial charge is 0.478 e. The molecule has 20 heavy (non-hydrogen) atoms. The van der Waals surface area contributed by atoms with E-state index in [1.807, 2.05) is 30.3 Å².